The molecule has 1 aliphatic heterocycles. The Morgan fingerprint density at radius 3 is 2.68 bits per heavy atom. The fourth-order valence-corrected chi connectivity index (χ4v) is 2.21. The third kappa shape index (κ3) is 3.33. The minimum atomic E-state index is -0.257. The number of carbonyl (C=O) groups is 1. The van der Waals surface area contributed by atoms with E-state index in [0.29, 0.717) is 31.2 Å². The maximum absolute atomic E-state index is 12.3. The number of hydrogen-bond acceptors (Lipinski definition) is 3. The summed E-state index contributed by atoms with van der Waals surface area (Å²) in [5, 5.41) is 9.10. The van der Waals surface area contributed by atoms with Gasteiger partial charge in [-0.05, 0) is 23.6 Å². The average molecular weight is 263 g/mol. The van der Waals surface area contributed by atoms with Gasteiger partial charge in [-0.3, -0.25) is 4.79 Å². The highest BCUT2D eigenvalue weighted by molar-refractivity contribution is 5.94. The molecule has 0 saturated carbocycles. The molecular weight excluding hydrogens is 242 g/mol. The second-order valence-electron chi connectivity index (χ2n) is 5.20. The minimum Gasteiger partial charge on any atom is -0.394 e. The van der Waals surface area contributed by atoms with E-state index >= 15 is 0 Å². The number of benzene rings is 1. The van der Waals surface area contributed by atoms with Crippen LogP contribution in [0.15, 0.2) is 24.3 Å². The lowest BCUT2D eigenvalue weighted by Crippen LogP contribution is -2.46. The van der Waals surface area contributed by atoms with E-state index in [9.17, 15) is 4.79 Å². The first kappa shape index (κ1) is 14.0. The Bertz CT molecular complexity index is 428. The van der Waals surface area contributed by atoms with E-state index in [1.54, 1.807) is 4.90 Å². The van der Waals surface area contributed by atoms with Crippen LogP contribution in [0.5, 0.6) is 0 Å². The molecule has 1 N–H and O–H groups in total. The summed E-state index contributed by atoms with van der Waals surface area (Å²) in [5.74, 6) is 0.475. The molecule has 1 saturated heterocycles. The molecule has 1 atom stereocenters. The zero-order valence-corrected chi connectivity index (χ0v) is 11.5. The van der Waals surface area contributed by atoms with E-state index in [0.717, 1.165) is 0 Å². The van der Waals surface area contributed by atoms with Crippen LogP contribution in [0.4, 0.5) is 0 Å². The first-order valence-electron chi connectivity index (χ1n) is 6.73. The molecule has 1 heterocycles. The highest BCUT2D eigenvalue weighted by atomic mass is 16.5. The molecule has 19 heavy (non-hydrogen) atoms. The molecule has 1 amide bonds. The number of aliphatic hydroxyl groups is 1. The SMILES string of the molecule is CC(C)c1ccc(C(=O)N2CCOC(CO)C2)cc1. The van der Waals surface area contributed by atoms with Gasteiger partial charge in [-0.15, -0.1) is 0 Å². The normalized spacial score (nSPS) is 19.8. The summed E-state index contributed by atoms with van der Waals surface area (Å²) in [6.07, 6.45) is -0.257. The predicted molar refractivity (Wildman–Crippen MR) is 73.3 cm³/mol. The molecule has 1 aliphatic rings. The maximum Gasteiger partial charge on any atom is 0.254 e. The molecule has 4 nitrogen and oxygen atoms in total. The van der Waals surface area contributed by atoms with E-state index in [2.05, 4.69) is 13.8 Å². The van der Waals surface area contributed by atoms with E-state index < -0.39 is 0 Å². The summed E-state index contributed by atoms with van der Waals surface area (Å²) in [6, 6.07) is 7.76. The van der Waals surface area contributed by atoms with Crippen LogP contribution in [0, 0.1) is 0 Å². The van der Waals surface area contributed by atoms with Crippen LogP contribution in [-0.4, -0.2) is 48.3 Å². The van der Waals surface area contributed by atoms with Gasteiger partial charge in [0.2, 0.25) is 0 Å². The Kier molecular flexibility index (Phi) is 4.56. The lowest BCUT2D eigenvalue weighted by molar-refractivity contribution is -0.0447. The average Bonchev–Trinajstić information content (AvgIpc) is 2.46. The van der Waals surface area contributed by atoms with E-state index in [-0.39, 0.29) is 18.6 Å². The summed E-state index contributed by atoms with van der Waals surface area (Å²) in [7, 11) is 0. The fraction of sp³-hybridized carbons (Fsp3) is 0.533. The molecule has 104 valence electrons. The van der Waals surface area contributed by atoms with Gasteiger partial charge in [0.05, 0.1) is 19.3 Å². The van der Waals surface area contributed by atoms with Crippen LogP contribution in [0.1, 0.15) is 35.7 Å². The Labute approximate surface area is 114 Å². The van der Waals surface area contributed by atoms with Crippen LogP contribution in [-0.2, 0) is 4.74 Å². The lowest BCUT2D eigenvalue weighted by Gasteiger charge is -2.32. The summed E-state index contributed by atoms with van der Waals surface area (Å²) in [4.78, 5) is 14.1. The topological polar surface area (TPSA) is 49.8 Å². The van der Waals surface area contributed by atoms with Crippen LogP contribution in [0.25, 0.3) is 0 Å². The van der Waals surface area contributed by atoms with E-state index in [1.165, 1.54) is 5.56 Å². The van der Waals surface area contributed by atoms with Crippen molar-refractivity contribution in [3.8, 4) is 0 Å². The number of carbonyl (C=O) groups excluding carboxylic acids is 1. The van der Waals surface area contributed by atoms with Crippen molar-refractivity contribution < 1.29 is 14.6 Å². The van der Waals surface area contributed by atoms with Gasteiger partial charge in [0, 0.05) is 18.7 Å². The van der Waals surface area contributed by atoms with Crippen molar-refractivity contribution >= 4 is 5.91 Å². The zero-order chi connectivity index (χ0) is 13.8. The monoisotopic (exact) mass is 263 g/mol. The molecule has 4 heteroatoms. The number of aliphatic hydroxyl groups excluding tert-OH is 1. The second kappa shape index (κ2) is 6.17. The summed E-state index contributed by atoms with van der Waals surface area (Å²) >= 11 is 0. The molecule has 2 rings (SSSR count). The van der Waals surface area contributed by atoms with Gasteiger partial charge in [0.25, 0.3) is 5.91 Å². The Morgan fingerprint density at radius 1 is 1.42 bits per heavy atom. The van der Waals surface area contributed by atoms with E-state index in [1.807, 2.05) is 24.3 Å². The van der Waals surface area contributed by atoms with Crippen LogP contribution in [0.2, 0.25) is 0 Å². The van der Waals surface area contributed by atoms with Gasteiger partial charge in [-0.25, -0.2) is 0 Å². The molecule has 0 aromatic heterocycles. The van der Waals surface area contributed by atoms with Gasteiger partial charge >= 0.3 is 0 Å². The van der Waals surface area contributed by atoms with Crippen molar-refractivity contribution in [2.45, 2.75) is 25.9 Å². The van der Waals surface area contributed by atoms with Crippen molar-refractivity contribution in [1.29, 1.82) is 0 Å². The number of rotatable bonds is 3. The smallest absolute Gasteiger partial charge is 0.254 e. The summed E-state index contributed by atoms with van der Waals surface area (Å²) < 4.78 is 5.35. The molecule has 0 aliphatic carbocycles. The van der Waals surface area contributed by atoms with Gasteiger partial charge < -0.3 is 14.7 Å². The quantitative estimate of drug-likeness (QED) is 0.902. The molecule has 1 aromatic carbocycles. The van der Waals surface area contributed by atoms with Gasteiger partial charge in [-0.2, -0.15) is 0 Å². The Morgan fingerprint density at radius 2 is 2.11 bits per heavy atom. The molecule has 0 radical (unpaired) electrons. The van der Waals surface area contributed by atoms with Crippen LogP contribution < -0.4 is 0 Å². The first-order chi connectivity index (χ1) is 9.11. The molecule has 1 fully saturated rings. The number of nitrogens with zero attached hydrogens (tertiary/aromatic N) is 1. The number of amides is 1. The molecule has 0 spiro atoms. The predicted octanol–water partition coefficient (Wildman–Crippen LogP) is 1.64. The lowest BCUT2D eigenvalue weighted by atomic mass is 10.0. The third-order valence-electron chi connectivity index (χ3n) is 3.45. The zero-order valence-electron chi connectivity index (χ0n) is 11.5. The summed E-state index contributed by atoms with van der Waals surface area (Å²) in [6.45, 7) is 5.74. The second-order valence-corrected chi connectivity index (χ2v) is 5.20. The van der Waals surface area contributed by atoms with Crippen molar-refractivity contribution in [2.75, 3.05) is 26.3 Å². The standard InChI is InChI=1S/C15H21NO3/c1-11(2)12-3-5-13(6-4-12)15(18)16-7-8-19-14(9-16)10-17/h3-6,11,14,17H,7-10H2,1-2H3. The molecular formula is C15H21NO3. The first-order valence-corrected chi connectivity index (χ1v) is 6.73. The largest absolute Gasteiger partial charge is 0.394 e. The van der Waals surface area contributed by atoms with Crippen molar-refractivity contribution in [3.05, 3.63) is 35.4 Å². The number of morpholine rings is 1. The third-order valence-corrected chi connectivity index (χ3v) is 3.45. The van der Waals surface area contributed by atoms with Crippen LogP contribution >= 0.6 is 0 Å². The van der Waals surface area contributed by atoms with Crippen LogP contribution in [0.3, 0.4) is 0 Å². The van der Waals surface area contributed by atoms with Crippen molar-refractivity contribution in [3.63, 3.8) is 0 Å². The molecule has 0 bridgehead atoms. The van der Waals surface area contributed by atoms with Gasteiger partial charge in [-0.1, -0.05) is 26.0 Å². The van der Waals surface area contributed by atoms with Gasteiger partial charge in [0.15, 0.2) is 0 Å². The Hall–Kier alpha value is -1.39. The Balaban J connectivity index is 2.06. The number of ether oxygens (including phenoxy) is 1. The number of hydrogen-bond donors (Lipinski definition) is 1. The van der Waals surface area contributed by atoms with E-state index in [4.69, 9.17) is 9.84 Å². The molecule has 1 aromatic rings. The minimum absolute atomic E-state index is 0.0112. The van der Waals surface area contributed by atoms with Gasteiger partial charge in [0.1, 0.15) is 0 Å². The highest BCUT2D eigenvalue weighted by Gasteiger charge is 2.24. The molecule has 1 unspecified atom stereocenters. The fourth-order valence-electron chi connectivity index (χ4n) is 2.21. The van der Waals surface area contributed by atoms with Crippen molar-refractivity contribution in [2.24, 2.45) is 0 Å². The highest BCUT2D eigenvalue weighted by Crippen LogP contribution is 2.16. The summed E-state index contributed by atoms with van der Waals surface area (Å²) in [5.41, 5.74) is 1.93. The van der Waals surface area contributed by atoms with Crippen molar-refractivity contribution in [1.82, 2.24) is 4.90 Å². The maximum atomic E-state index is 12.3.